The van der Waals surface area contributed by atoms with E-state index in [-0.39, 0.29) is 12.1 Å². The Hall–Kier alpha value is -2.43. The van der Waals surface area contributed by atoms with E-state index in [4.69, 9.17) is 0 Å². The number of hydrogen-bond donors (Lipinski definition) is 1. The molecule has 0 radical (unpaired) electrons. The van der Waals surface area contributed by atoms with Gasteiger partial charge in [-0.2, -0.15) is 13.2 Å². The zero-order valence-electron chi connectivity index (χ0n) is 11.5. The number of nitrogens with one attached hydrogen (secondary N) is 1. The van der Waals surface area contributed by atoms with Crippen LogP contribution < -0.4 is 5.32 Å². The summed E-state index contributed by atoms with van der Waals surface area (Å²) in [6, 6.07) is 0.381. The first-order valence-corrected chi connectivity index (χ1v) is 6.69. The fourth-order valence-electron chi connectivity index (χ4n) is 2.23. The summed E-state index contributed by atoms with van der Waals surface area (Å²) in [6.45, 7) is 0. The number of halogens is 5. The van der Waals surface area contributed by atoms with E-state index in [9.17, 15) is 26.7 Å². The largest absolute Gasteiger partial charge is 0.414 e. The van der Waals surface area contributed by atoms with Crippen molar-refractivity contribution in [2.24, 2.45) is 10.9 Å². The van der Waals surface area contributed by atoms with E-state index < -0.39 is 40.5 Å². The Morgan fingerprint density at radius 1 is 1.26 bits per heavy atom. The Morgan fingerprint density at radius 2 is 1.96 bits per heavy atom. The molecule has 1 unspecified atom stereocenters. The van der Waals surface area contributed by atoms with Gasteiger partial charge in [-0.25, -0.2) is 18.6 Å². The van der Waals surface area contributed by atoms with Gasteiger partial charge >= 0.3 is 12.2 Å². The molecule has 120 valence electrons. The lowest BCUT2D eigenvalue weighted by Gasteiger charge is -2.28. The van der Waals surface area contributed by atoms with E-state index in [1.165, 1.54) is 0 Å². The van der Waals surface area contributed by atoms with Gasteiger partial charge in [-0.05, 0) is 25.0 Å². The summed E-state index contributed by atoms with van der Waals surface area (Å²) in [7, 11) is 0. The minimum absolute atomic E-state index is 0.213. The summed E-state index contributed by atoms with van der Waals surface area (Å²) in [4.78, 5) is 14.6. The fraction of sp³-hybridized carbons (Fsp3) is 0.333. The van der Waals surface area contributed by atoms with Crippen LogP contribution in [0.15, 0.2) is 17.1 Å². The molecule has 23 heavy (non-hydrogen) atoms. The van der Waals surface area contributed by atoms with Crippen LogP contribution in [0.3, 0.4) is 0 Å². The average molecular weight is 328 g/mol. The number of benzene rings is 1. The van der Waals surface area contributed by atoms with Crippen LogP contribution in [0.5, 0.6) is 0 Å². The molecule has 1 heterocycles. The van der Waals surface area contributed by atoms with Crippen LogP contribution in [-0.4, -0.2) is 18.4 Å². The van der Waals surface area contributed by atoms with Gasteiger partial charge in [0.15, 0.2) is 17.0 Å². The fourth-order valence-corrected chi connectivity index (χ4v) is 2.23. The van der Waals surface area contributed by atoms with Gasteiger partial charge in [-0.1, -0.05) is 11.8 Å². The van der Waals surface area contributed by atoms with E-state index in [1.54, 1.807) is 0 Å². The lowest BCUT2D eigenvalue weighted by atomic mass is 9.79. The van der Waals surface area contributed by atoms with E-state index in [0.29, 0.717) is 18.9 Å². The van der Waals surface area contributed by atoms with Crippen molar-refractivity contribution in [2.75, 3.05) is 5.32 Å². The molecule has 2 aliphatic rings. The molecule has 0 saturated heterocycles. The van der Waals surface area contributed by atoms with Crippen molar-refractivity contribution in [2.45, 2.75) is 24.4 Å². The van der Waals surface area contributed by atoms with Crippen molar-refractivity contribution in [3.8, 4) is 11.8 Å². The predicted octanol–water partition coefficient (Wildman–Crippen LogP) is 3.79. The van der Waals surface area contributed by atoms with E-state index in [0.717, 1.165) is 6.07 Å². The molecular formula is C15H9F5N2O. The van der Waals surface area contributed by atoms with Crippen LogP contribution in [0.4, 0.5) is 32.4 Å². The Bertz CT molecular complexity index is 771. The zero-order chi connectivity index (χ0) is 16.8. The molecule has 1 fully saturated rings. The molecule has 0 aromatic heterocycles. The topological polar surface area (TPSA) is 41.5 Å². The number of amides is 2. The number of urea groups is 1. The molecule has 1 N–H and O–H groups in total. The third kappa shape index (κ3) is 2.56. The van der Waals surface area contributed by atoms with Crippen molar-refractivity contribution in [3.63, 3.8) is 0 Å². The van der Waals surface area contributed by atoms with Gasteiger partial charge in [-0.3, -0.25) is 0 Å². The number of anilines is 1. The maximum atomic E-state index is 14.2. The van der Waals surface area contributed by atoms with Crippen LogP contribution in [0.25, 0.3) is 0 Å². The molecule has 2 amide bonds. The summed E-state index contributed by atoms with van der Waals surface area (Å²) in [6.07, 6.45) is -3.55. The Labute approximate surface area is 127 Å². The third-order valence-electron chi connectivity index (χ3n) is 3.60. The molecule has 0 spiro atoms. The van der Waals surface area contributed by atoms with Gasteiger partial charge in [0, 0.05) is 17.7 Å². The molecule has 0 bridgehead atoms. The Balaban J connectivity index is 2.34. The molecule has 1 aliphatic carbocycles. The maximum Gasteiger partial charge on any atom is 0.414 e. The maximum absolute atomic E-state index is 14.2. The van der Waals surface area contributed by atoms with Crippen molar-refractivity contribution in [1.29, 1.82) is 0 Å². The second-order valence-electron chi connectivity index (χ2n) is 5.32. The average Bonchev–Trinajstić information content (AvgIpc) is 3.27. The van der Waals surface area contributed by atoms with E-state index in [2.05, 4.69) is 10.9 Å². The molecule has 1 aromatic rings. The molecule has 3 rings (SSSR count). The summed E-state index contributed by atoms with van der Waals surface area (Å²) in [5, 5.41) is 2.01. The number of aliphatic imine (C=N–C) groups is 1. The smallest absolute Gasteiger partial charge is 0.306 e. The van der Waals surface area contributed by atoms with Crippen molar-refractivity contribution >= 4 is 17.9 Å². The Kier molecular flexibility index (Phi) is 3.39. The van der Waals surface area contributed by atoms with Gasteiger partial charge in [0.1, 0.15) is 0 Å². The second kappa shape index (κ2) is 5.05. The lowest BCUT2D eigenvalue weighted by Crippen LogP contribution is -2.43. The van der Waals surface area contributed by atoms with Gasteiger partial charge in [0.2, 0.25) is 0 Å². The molecule has 1 aliphatic heterocycles. The molecule has 8 heteroatoms. The van der Waals surface area contributed by atoms with Crippen LogP contribution in [0, 0.1) is 29.4 Å². The number of fused-ring (bicyclic) bond motifs is 1. The highest BCUT2D eigenvalue weighted by atomic mass is 19.4. The summed E-state index contributed by atoms with van der Waals surface area (Å²) >= 11 is 0. The van der Waals surface area contributed by atoms with Crippen LogP contribution in [0.2, 0.25) is 0 Å². The second-order valence-corrected chi connectivity index (χ2v) is 5.32. The third-order valence-corrected chi connectivity index (χ3v) is 3.60. The predicted molar refractivity (Wildman–Crippen MR) is 72.1 cm³/mol. The lowest BCUT2D eigenvalue weighted by molar-refractivity contribution is -0.153. The highest BCUT2D eigenvalue weighted by Gasteiger charge is 2.58. The Morgan fingerprint density at radius 3 is 2.57 bits per heavy atom. The van der Waals surface area contributed by atoms with E-state index >= 15 is 0 Å². The normalized spacial score (nSPS) is 23.4. The number of nitrogens with zero attached hydrogens (tertiary/aromatic N) is 1. The standard InChI is InChI=1S/C15H9F5N2O/c16-9-3-4-10-11(12(9)17)14(15(18,19)20,6-5-8-1-2-8)7-21-13(23)22-10/h3-4,7-8H,1-2H2,(H,22,23). The van der Waals surface area contributed by atoms with Gasteiger partial charge < -0.3 is 5.32 Å². The van der Waals surface area contributed by atoms with Crippen LogP contribution in [0.1, 0.15) is 18.4 Å². The highest BCUT2D eigenvalue weighted by molar-refractivity contribution is 6.02. The van der Waals surface area contributed by atoms with Gasteiger partial charge in [0.25, 0.3) is 0 Å². The van der Waals surface area contributed by atoms with Gasteiger partial charge in [0.05, 0.1) is 5.69 Å². The number of carbonyl (C=O) groups is 1. The zero-order valence-corrected chi connectivity index (χ0v) is 11.5. The molecule has 1 aromatic carbocycles. The van der Waals surface area contributed by atoms with E-state index in [1.807, 2.05) is 11.2 Å². The monoisotopic (exact) mass is 328 g/mol. The van der Waals surface area contributed by atoms with Crippen molar-refractivity contribution in [1.82, 2.24) is 0 Å². The SMILES string of the molecule is O=C1N=CC(C#CC2CC2)(C(F)(F)F)c2c(ccc(F)c2F)N1. The highest BCUT2D eigenvalue weighted by Crippen LogP contribution is 2.45. The quantitative estimate of drug-likeness (QED) is 0.571. The minimum Gasteiger partial charge on any atom is -0.306 e. The summed E-state index contributed by atoms with van der Waals surface area (Å²) in [5.74, 6) is 1.03. The number of alkyl halides is 3. The number of hydrogen-bond acceptors (Lipinski definition) is 1. The number of carbonyl (C=O) groups excluding carboxylic acids is 1. The molecule has 1 atom stereocenters. The first-order valence-electron chi connectivity index (χ1n) is 6.69. The number of rotatable bonds is 0. The van der Waals surface area contributed by atoms with Crippen LogP contribution >= 0.6 is 0 Å². The van der Waals surface area contributed by atoms with Crippen molar-refractivity contribution < 1.29 is 26.7 Å². The molecule has 1 saturated carbocycles. The first kappa shape index (κ1) is 15.5. The summed E-state index contributed by atoms with van der Waals surface area (Å²) in [5.41, 5.74) is -4.77. The van der Waals surface area contributed by atoms with Gasteiger partial charge in [-0.15, -0.1) is 0 Å². The summed E-state index contributed by atoms with van der Waals surface area (Å²) < 4.78 is 69.0. The first-order chi connectivity index (χ1) is 10.7. The minimum atomic E-state index is -5.09. The molecular weight excluding hydrogens is 319 g/mol. The molecule has 3 nitrogen and oxygen atoms in total. The van der Waals surface area contributed by atoms with Crippen molar-refractivity contribution in [3.05, 3.63) is 29.3 Å². The van der Waals surface area contributed by atoms with Crippen LogP contribution in [-0.2, 0) is 5.41 Å².